The zero-order valence-corrected chi connectivity index (χ0v) is 13.7. The van der Waals surface area contributed by atoms with Crippen LogP contribution in [0.1, 0.15) is 21.1 Å². The molecule has 1 atom stereocenters. The van der Waals surface area contributed by atoms with Crippen molar-refractivity contribution in [3.63, 3.8) is 0 Å². The third-order valence-electron chi connectivity index (χ3n) is 3.21. The molecule has 0 fully saturated rings. The van der Waals surface area contributed by atoms with Gasteiger partial charge in [-0.3, -0.25) is 11.3 Å². The minimum atomic E-state index is 0.0959. The molecule has 0 amide bonds. The highest BCUT2D eigenvalue weighted by Crippen LogP contribution is 2.24. The molecular weight excluding hydrogens is 313 g/mol. The monoisotopic (exact) mass is 329 g/mol. The molecule has 1 aromatic carbocycles. The molecule has 1 unspecified atom stereocenters. The number of thiazole rings is 1. The Labute approximate surface area is 133 Å². The Kier molecular flexibility index (Phi) is 5.41. The lowest BCUT2D eigenvalue weighted by atomic mass is 10.0. The van der Waals surface area contributed by atoms with Gasteiger partial charge in [0.1, 0.15) is 0 Å². The number of hydrogen-bond acceptors (Lipinski definition) is 4. The van der Waals surface area contributed by atoms with E-state index in [2.05, 4.69) is 17.3 Å². The van der Waals surface area contributed by atoms with Crippen LogP contribution in [0.3, 0.4) is 0 Å². The van der Waals surface area contributed by atoms with E-state index in [1.807, 2.05) is 19.1 Å². The van der Waals surface area contributed by atoms with Crippen LogP contribution < -0.4 is 11.3 Å². The van der Waals surface area contributed by atoms with Crippen molar-refractivity contribution in [3.05, 3.63) is 49.4 Å². The van der Waals surface area contributed by atoms with Crippen LogP contribution in [-0.4, -0.2) is 11.0 Å². The maximum atomic E-state index is 6.20. The summed E-state index contributed by atoms with van der Waals surface area (Å²) in [4.78, 5) is 5.80. The van der Waals surface area contributed by atoms with E-state index in [9.17, 15) is 0 Å². The molecular formula is C14H17Cl2N3S. The van der Waals surface area contributed by atoms with Gasteiger partial charge in [0, 0.05) is 27.4 Å². The van der Waals surface area contributed by atoms with Gasteiger partial charge >= 0.3 is 0 Å². The Morgan fingerprint density at radius 1 is 1.30 bits per heavy atom. The van der Waals surface area contributed by atoms with Gasteiger partial charge in [0.25, 0.3) is 0 Å². The first-order chi connectivity index (χ1) is 9.49. The first kappa shape index (κ1) is 15.7. The van der Waals surface area contributed by atoms with E-state index in [1.165, 1.54) is 4.88 Å². The number of halogens is 2. The molecule has 0 aliphatic rings. The summed E-state index contributed by atoms with van der Waals surface area (Å²) in [5.41, 5.74) is 4.96. The van der Waals surface area contributed by atoms with E-state index >= 15 is 0 Å². The lowest BCUT2D eigenvalue weighted by molar-refractivity contribution is 0.521. The zero-order chi connectivity index (χ0) is 14.7. The predicted molar refractivity (Wildman–Crippen MR) is 86.6 cm³/mol. The average molecular weight is 330 g/mol. The van der Waals surface area contributed by atoms with Crippen LogP contribution in [-0.2, 0) is 12.8 Å². The summed E-state index contributed by atoms with van der Waals surface area (Å²) in [5.74, 6) is 5.65. The number of aromatic nitrogens is 1. The average Bonchev–Trinajstić information content (AvgIpc) is 2.70. The molecule has 2 rings (SSSR count). The molecule has 108 valence electrons. The maximum absolute atomic E-state index is 6.20. The molecule has 2 aromatic rings. The van der Waals surface area contributed by atoms with Gasteiger partial charge in [0.15, 0.2) is 0 Å². The third-order valence-corrected chi connectivity index (χ3v) is 4.89. The van der Waals surface area contributed by atoms with Crippen molar-refractivity contribution in [2.24, 2.45) is 5.84 Å². The second-order valence-electron chi connectivity index (χ2n) is 4.76. The number of benzene rings is 1. The summed E-state index contributed by atoms with van der Waals surface area (Å²) in [7, 11) is 0. The van der Waals surface area contributed by atoms with Crippen LogP contribution in [0.5, 0.6) is 0 Å². The Morgan fingerprint density at radius 2 is 2.05 bits per heavy atom. The van der Waals surface area contributed by atoms with Crippen LogP contribution in [0.15, 0.2) is 18.2 Å². The van der Waals surface area contributed by atoms with Crippen LogP contribution in [0, 0.1) is 13.8 Å². The summed E-state index contributed by atoms with van der Waals surface area (Å²) in [5, 5.41) is 2.40. The number of nitrogens with one attached hydrogen (secondary N) is 1. The topological polar surface area (TPSA) is 50.9 Å². The fraction of sp³-hybridized carbons (Fsp3) is 0.357. The summed E-state index contributed by atoms with van der Waals surface area (Å²) in [6.07, 6.45) is 1.53. The number of hydrogen-bond donors (Lipinski definition) is 2. The van der Waals surface area contributed by atoms with E-state index < -0.39 is 0 Å². The van der Waals surface area contributed by atoms with Crippen molar-refractivity contribution < 1.29 is 0 Å². The molecule has 1 heterocycles. The zero-order valence-electron chi connectivity index (χ0n) is 11.4. The molecule has 0 aliphatic heterocycles. The molecule has 20 heavy (non-hydrogen) atoms. The lowest BCUT2D eigenvalue weighted by Gasteiger charge is -2.15. The molecule has 6 heteroatoms. The summed E-state index contributed by atoms with van der Waals surface area (Å²) in [6, 6.07) is 5.63. The van der Waals surface area contributed by atoms with Gasteiger partial charge in [0.2, 0.25) is 0 Å². The van der Waals surface area contributed by atoms with E-state index in [1.54, 1.807) is 17.4 Å². The van der Waals surface area contributed by atoms with Crippen LogP contribution in [0.4, 0.5) is 0 Å². The van der Waals surface area contributed by atoms with E-state index in [4.69, 9.17) is 29.0 Å². The van der Waals surface area contributed by atoms with Gasteiger partial charge in [-0.15, -0.1) is 11.3 Å². The highest BCUT2D eigenvalue weighted by molar-refractivity contribution is 7.11. The minimum Gasteiger partial charge on any atom is -0.271 e. The van der Waals surface area contributed by atoms with Crippen molar-refractivity contribution in [3.8, 4) is 0 Å². The van der Waals surface area contributed by atoms with E-state index in [-0.39, 0.29) is 6.04 Å². The minimum absolute atomic E-state index is 0.0959. The normalized spacial score (nSPS) is 12.7. The maximum Gasteiger partial charge on any atom is 0.0947 e. The van der Waals surface area contributed by atoms with Crippen LogP contribution >= 0.6 is 34.5 Å². The lowest BCUT2D eigenvalue weighted by Crippen LogP contribution is -2.38. The summed E-state index contributed by atoms with van der Waals surface area (Å²) >= 11 is 13.8. The molecule has 3 N–H and O–H groups in total. The van der Waals surface area contributed by atoms with Gasteiger partial charge in [-0.1, -0.05) is 29.3 Å². The highest BCUT2D eigenvalue weighted by atomic mass is 35.5. The van der Waals surface area contributed by atoms with Gasteiger partial charge in [-0.2, -0.15) is 0 Å². The van der Waals surface area contributed by atoms with Gasteiger partial charge < -0.3 is 0 Å². The third kappa shape index (κ3) is 3.93. The predicted octanol–water partition coefficient (Wildman–Crippen LogP) is 3.68. The Bertz CT molecular complexity index is 579. The van der Waals surface area contributed by atoms with Crippen molar-refractivity contribution >= 4 is 34.5 Å². The van der Waals surface area contributed by atoms with Crippen molar-refractivity contribution in [2.75, 3.05) is 0 Å². The van der Waals surface area contributed by atoms with Crippen molar-refractivity contribution in [1.29, 1.82) is 0 Å². The standard InChI is InChI=1S/C14H17Cl2N3S/c1-8-9(2)20-14(18-8)7-12(19-17)5-10-3-4-11(15)6-13(10)16/h3-4,6,12,19H,5,7,17H2,1-2H3. The number of nitrogens with zero attached hydrogens (tertiary/aromatic N) is 1. The van der Waals surface area contributed by atoms with E-state index in [0.717, 1.165) is 29.1 Å². The largest absolute Gasteiger partial charge is 0.271 e. The molecule has 0 saturated carbocycles. The Morgan fingerprint density at radius 3 is 2.60 bits per heavy atom. The number of nitrogens with two attached hydrogens (primary N) is 1. The highest BCUT2D eigenvalue weighted by Gasteiger charge is 2.14. The van der Waals surface area contributed by atoms with E-state index in [0.29, 0.717) is 10.0 Å². The summed E-state index contributed by atoms with van der Waals surface area (Å²) < 4.78 is 0. The fourth-order valence-corrected chi connectivity index (χ4v) is 3.48. The van der Waals surface area contributed by atoms with Crippen molar-refractivity contribution in [1.82, 2.24) is 10.4 Å². The molecule has 0 spiro atoms. The first-order valence-corrected chi connectivity index (χ1v) is 7.89. The molecule has 0 radical (unpaired) electrons. The number of hydrazine groups is 1. The smallest absolute Gasteiger partial charge is 0.0947 e. The quantitative estimate of drug-likeness (QED) is 0.649. The second-order valence-corrected chi connectivity index (χ2v) is 6.89. The van der Waals surface area contributed by atoms with Gasteiger partial charge in [-0.25, -0.2) is 4.98 Å². The molecule has 3 nitrogen and oxygen atoms in total. The Hall–Kier alpha value is -0.650. The second kappa shape index (κ2) is 6.87. The van der Waals surface area contributed by atoms with Crippen molar-refractivity contribution in [2.45, 2.75) is 32.7 Å². The molecule has 0 saturated heterocycles. The van der Waals surface area contributed by atoms with Gasteiger partial charge in [-0.05, 0) is 38.0 Å². The number of aryl methyl sites for hydroxylation is 2. The Balaban J connectivity index is 2.08. The molecule has 1 aromatic heterocycles. The SMILES string of the molecule is Cc1nc(CC(Cc2ccc(Cl)cc2Cl)NN)sc1C. The molecule has 0 aliphatic carbocycles. The van der Waals surface area contributed by atoms with Crippen LogP contribution in [0.2, 0.25) is 10.0 Å². The van der Waals surface area contributed by atoms with Gasteiger partial charge in [0.05, 0.1) is 10.7 Å². The fourth-order valence-electron chi connectivity index (χ4n) is 1.98. The summed E-state index contributed by atoms with van der Waals surface area (Å²) in [6.45, 7) is 4.10. The number of rotatable bonds is 5. The first-order valence-electron chi connectivity index (χ1n) is 6.32. The van der Waals surface area contributed by atoms with Crippen LogP contribution in [0.25, 0.3) is 0 Å². The molecule has 0 bridgehead atoms.